The Labute approximate surface area is 165 Å². The van der Waals surface area contributed by atoms with E-state index in [1.807, 2.05) is 0 Å². The van der Waals surface area contributed by atoms with Crippen LogP contribution in [0.5, 0.6) is 5.75 Å². The van der Waals surface area contributed by atoms with Crippen LogP contribution in [0.4, 0.5) is 0 Å². The van der Waals surface area contributed by atoms with E-state index in [2.05, 4.69) is 0 Å². The predicted octanol–water partition coefficient (Wildman–Crippen LogP) is -5.93. The maximum atomic E-state index is 11.4. The van der Waals surface area contributed by atoms with Gasteiger partial charge in [0.15, 0.2) is 0 Å². The molecular weight excluding hydrogens is 342 g/mol. The molecule has 102 valence electrons. The van der Waals surface area contributed by atoms with Gasteiger partial charge in [-0.1, -0.05) is 18.2 Å². The first-order valence-corrected chi connectivity index (χ1v) is 7.63. The fourth-order valence-electron chi connectivity index (χ4n) is 1.73. The summed E-state index contributed by atoms with van der Waals surface area (Å²) in [6.45, 7) is 0. The van der Waals surface area contributed by atoms with Crippen LogP contribution < -0.4 is 64.2 Å². The van der Waals surface area contributed by atoms with Gasteiger partial charge in [0.25, 0.3) is 10.1 Å². The van der Waals surface area contributed by atoms with Gasteiger partial charge in [-0.15, -0.1) is 5.75 Å². The molecule has 0 bridgehead atoms. The third kappa shape index (κ3) is 4.64. The number of benzene rings is 2. The zero-order valence-electron chi connectivity index (χ0n) is 11.1. The summed E-state index contributed by atoms with van der Waals surface area (Å²) in [4.78, 5) is -1.45. The number of fused-ring (bicyclic) bond motifs is 1. The molecule has 1 N–H and O–H groups in total. The van der Waals surface area contributed by atoms with Crippen LogP contribution in [0, 0.1) is 0 Å². The Bertz CT molecular complexity index is 876. The molecule has 0 aliphatic heterocycles. The molecule has 2 aromatic carbocycles. The molecular formula is C10H6Na2O7S2. The first-order chi connectivity index (χ1) is 8.60. The molecule has 0 saturated heterocycles. The minimum Gasteiger partial charge on any atom is -0.872 e. The Balaban J connectivity index is 0.00000200. The average Bonchev–Trinajstić information content (AvgIpc) is 2.24. The van der Waals surface area contributed by atoms with E-state index in [0.717, 1.165) is 18.2 Å². The van der Waals surface area contributed by atoms with Gasteiger partial charge in [0.05, 0.1) is 4.90 Å². The van der Waals surface area contributed by atoms with E-state index in [-0.39, 0.29) is 69.9 Å². The molecule has 0 spiro atoms. The molecule has 0 amide bonds. The van der Waals surface area contributed by atoms with Crippen LogP contribution in [0.1, 0.15) is 0 Å². The molecule has 11 heteroatoms. The van der Waals surface area contributed by atoms with Crippen LogP contribution in [0.2, 0.25) is 0 Å². The van der Waals surface area contributed by atoms with E-state index < -0.39 is 35.8 Å². The van der Waals surface area contributed by atoms with Crippen molar-refractivity contribution in [1.29, 1.82) is 0 Å². The van der Waals surface area contributed by atoms with Crippen molar-refractivity contribution in [1.82, 2.24) is 0 Å². The van der Waals surface area contributed by atoms with Crippen LogP contribution in [0.25, 0.3) is 10.8 Å². The standard InChI is InChI=1S/C10H8O7S2.2Na/c11-6-4-8-7(10(5-6)19(15,16)17)2-1-3-9(8)18(12,13)14;;/h1-5,11H,(H,12,13,14)(H,15,16,17);;/q;2*+1/p-2. The maximum absolute atomic E-state index is 11.4. The first kappa shape index (κ1) is 21.3. The van der Waals surface area contributed by atoms with E-state index >= 15 is 0 Å². The first-order valence-electron chi connectivity index (χ1n) is 4.78. The summed E-state index contributed by atoms with van der Waals surface area (Å²) in [5, 5.41) is 10.8. The fraction of sp³-hybridized carbons (Fsp3) is 0. The molecule has 0 aliphatic rings. The summed E-state index contributed by atoms with van der Waals surface area (Å²) in [7, 11) is -9.58. The van der Waals surface area contributed by atoms with E-state index in [1.165, 1.54) is 6.07 Å². The Morgan fingerprint density at radius 3 is 1.95 bits per heavy atom. The van der Waals surface area contributed by atoms with Crippen LogP contribution in [-0.2, 0) is 20.2 Å². The third-order valence-electron chi connectivity index (χ3n) is 2.44. The van der Waals surface area contributed by atoms with Gasteiger partial charge in [0.2, 0.25) is 0 Å². The van der Waals surface area contributed by atoms with Gasteiger partial charge >= 0.3 is 59.1 Å². The van der Waals surface area contributed by atoms with Gasteiger partial charge in [-0.25, -0.2) is 8.42 Å². The van der Waals surface area contributed by atoms with Crippen molar-refractivity contribution >= 4 is 31.0 Å². The van der Waals surface area contributed by atoms with Crippen molar-refractivity contribution in [3.8, 4) is 5.75 Å². The quantitative estimate of drug-likeness (QED) is 0.422. The molecule has 0 radical (unpaired) electrons. The van der Waals surface area contributed by atoms with Gasteiger partial charge in [0, 0.05) is 5.39 Å². The zero-order chi connectivity index (χ0) is 14.4. The largest absolute Gasteiger partial charge is 1.00 e. The Hall–Kier alpha value is 0.320. The Kier molecular flexibility index (Phi) is 7.37. The topological polar surface area (TPSA) is 135 Å². The smallest absolute Gasteiger partial charge is 0.872 e. The van der Waals surface area contributed by atoms with Crippen LogP contribution in [-0.4, -0.2) is 25.9 Å². The third-order valence-corrected chi connectivity index (χ3v) is 4.23. The molecule has 21 heavy (non-hydrogen) atoms. The molecule has 0 heterocycles. The van der Waals surface area contributed by atoms with Gasteiger partial charge in [-0.05, 0) is 17.5 Å². The summed E-state index contributed by atoms with van der Waals surface area (Å²) in [6.07, 6.45) is 0. The monoisotopic (exact) mass is 348 g/mol. The molecule has 0 unspecified atom stereocenters. The molecule has 2 aromatic rings. The van der Waals surface area contributed by atoms with Gasteiger partial charge < -0.3 is 9.66 Å². The van der Waals surface area contributed by atoms with Crippen molar-refractivity contribution < 1.29 is 90.2 Å². The fourth-order valence-corrected chi connectivity index (χ4v) is 3.13. The summed E-state index contributed by atoms with van der Waals surface area (Å²) in [6, 6.07) is 4.77. The second-order valence-corrected chi connectivity index (χ2v) is 6.44. The zero-order valence-corrected chi connectivity index (χ0v) is 16.7. The normalized spacial score (nSPS) is 11.5. The molecule has 0 atom stereocenters. The summed E-state index contributed by atoms with van der Waals surface area (Å²) < 4.78 is 64.5. The maximum Gasteiger partial charge on any atom is 1.00 e. The molecule has 0 aliphatic carbocycles. The second kappa shape index (κ2) is 7.26. The van der Waals surface area contributed by atoms with Crippen LogP contribution in [0.3, 0.4) is 0 Å². The molecule has 0 saturated carbocycles. The Morgan fingerprint density at radius 1 is 0.905 bits per heavy atom. The minimum atomic E-state index is -4.87. The van der Waals surface area contributed by atoms with Crippen molar-refractivity contribution in [2.24, 2.45) is 0 Å². The predicted molar refractivity (Wildman–Crippen MR) is 61.2 cm³/mol. The summed E-state index contributed by atoms with van der Waals surface area (Å²) in [5.41, 5.74) is 0. The van der Waals surface area contributed by atoms with Crippen LogP contribution in [0.15, 0.2) is 40.1 Å². The van der Waals surface area contributed by atoms with Crippen molar-refractivity contribution in [2.45, 2.75) is 9.79 Å². The van der Waals surface area contributed by atoms with Gasteiger partial charge in [-0.3, -0.25) is 4.55 Å². The summed E-state index contributed by atoms with van der Waals surface area (Å²) in [5.74, 6) is -0.837. The van der Waals surface area contributed by atoms with E-state index in [0.29, 0.717) is 6.07 Å². The average molecular weight is 348 g/mol. The van der Waals surface area contributed by atoms with Crippen LogP contribution >= 0.6 is 0 Å². The number of hydrogen-bond donors (Lipinski definition) is 1. The number of rotatable bonds is 2. The number of hydrogen-bond acceptors (Lipinski definition) is 6. The van der Waals surface area contributed by atoms with Gasteiger partial charge in [-0.2, -0.15) is 8.42 Å². The summed E-state index contributed by atoms with van der Waals surface area (Å²) >= 11 is 0. The molecule has 0 aromatic heterocycles. The molecule has 7 nitrogen and oxygen atoms in total. The van der Waals surface area contributed by atoms with Crippen molar-refractivity contribution in [2.75, 3.05) is 0 Å². The minimum absolute atomic E-state index is 0. The van der Waals surface area contributed by atoms with Gasteiger partial charge in [0.1, 0.15) is 15.0 Å². The molecule has 0 fully saturated rings. The van der Waals surface area contributed by atoms with E-state index in [4.69, 9.17) is 4.55 Å². The van der Waals surface area contributed by atoms with Crippen molar-refractivity contribution in [3.63, 3.8) is 0 Å². The second-order valence-electron chi connectivity index (χ2n) is 3.70. The van der Waals surface area contributed by atoms with Crippen molar-refractivity contribution in [3.05, 3.63) is 30.3 Å². The van der Waals surface area contributed by atoms with E-state index in [9.17, 15) is 26.5 Å². The SMILES string of the molecule is O=S(=O)([O-])c1cccc2c(S(=O)(=O)O)cc([O-])cc12.[Na+].[Na+]. The van der Waals surface area contributed by atoms with E-state index in [1.54, 1.807) is 0 Å². The Morgan fingerprint density at radius 2 is 1.48 bits per heavy atom. The molecule has 2 rings (SSSR count).